The standard InChI is InChI=1S/C24H31N5O3/c1-23(2,3)14-29-22(31)27(5)21-24(29,4)8-6-18(25-21)15-10-16-12-28(13-17(16)11-15)20(30)19-7-9-32-26-19/h6-7,9-10,16-17H,8,11-14H2,1-5H3. The number of aromatic nitrogens is 1. The van der Waals surface area contributed by atoms with Crippen LogP contribution in [0.15, 0.2) is 45.3 Å². The van der Waals surface area contributed by atoms with Gasteiger partial charge in [-0.25, -0.2) is 9.79 Å². The molecule has 4 heterocycles. The molecule has 4 aliphatic rings. The summed E-state index contributed by atoms with van der Waals surface area (Å²) < 4.78 is 4.82. The average molecular weight is 438 g/mol. The molecule has 3 amide bonds. The summed E-state index contributed by atoms with van der Waals surface area (Å²) in [6, 6.07) is 1.63. The van der Waals surface area contributed by atoms with Gasteiger partial charge in [0.05, 0.1) is 5.70 Å². The van der Waals surface area contributed by atoms with Gasteiger partial charge in [-0.3, -0.25) is 9.69 Å². The molecule has 0 spiro atoms. The van der Waals surface area contributed by atoms with Crippen LogP contribution >= 0.6 is 0 Å². The van der Waals surface area contributed by atoms with Crippen molar-refractivity contribution in [3.63, 3.8) is 0 Å². The van der Waals surface area contributed by atoms with Gasteiger partial charge < -0.3 is 14.3 Å². The quantitative estimate of drug-likeness (QED) is 0.724. The zero-order valence-corrected chi connectivity index (χ0v) is 19.5. The van der Waals surface area contributed by atoms with Gasteiger partial charge in [-0.1, -0.05) is 38.1 Å². The Bertz CT molecular complexity index is 1050. The van der Waals surface area contributed by atoms with Crippen LogP contribution in [-0.2, 0) is 0 Å². The van der Waals surface area contributed by atoms with Gasteiger partial charge in [-0.05, 0) is 42.6 Å². The lowest BCUT2D eigenvalue weighted by atomic mass is 9.88. The Morgan fingerprint density at radius 3 is 2.75 bits per heavy atom. The Morgan fingerprint density at radius 2 is 2.09 bits per heavy atom. The maximum absolute atomic E-state index is 13.0. The highest BCUT2D eigenvalue weighted by molar-refractivity contribution is 6.10. The molecule has 0 radical (unpaired) electrons. The normalized spacial score (nSPS) is 29.7. The number of hydrogen-bond donors (Lipinski definition) is 0. The Hall–Kier alpha value is -2.90. The van der Waals surface area contributed by atoms with E-state index in [0.717, 1.165) is 30.9 Å². The Balaban J connectivity index is 1.33. The molecule has 0 aromatic carbocycles. The van der Waals surface area contributed by atoms with E-state index >= 15 is 0 Å². The van der Waals surface area contributed by atoms with Crippen molar-refractivity contribution in [2.24, 2.45) is 22.2 Å². The van der Waals surface area contributed by atoms with Crippen LogP contribution in [0.4, 0.5) is 4.79 Å². The third-order valence-electron chi connectivity index (χ3n) is 7.13. The lowest BCUT2D eigenvalue weighted by molar-refractivity contribution is 0.0774. The predicted molar refractivity (Wildman–Crippen MR) is 120 cm³/mol. The molecule has 3 aliphatic heterocycles. The highest BCUT2D eigenvalue weighted by Crippen LogP contribution is 2.44. The molecular weight excluding hydrogens is 406 g/mol. The fourth-order valence-corrected chi connectivity index (χ4v) is 5.49. The Morgan fingerprint density at radius 1 is 1.31 bits per heavy atom. The summed E-state index contributed by atoms with van der Waals surface area (Å²) >= 11 is 0. The van der Waals surface area contributed by atoms with E-state index < -0.39 is 5.54 Å². The van der Waals surface area contributed by atoms with Crippen LogP contribution in [0.2, 0.25) is 0 Å². The van der Waals surface area contributed by atoms with Gasteiger partial charge in [0, 0.05) is 32.7 Å². The number of nitrogens with zero attached hydrogens (tertiary/aromatic N) is 5. The van der Waals surface area contributed by atoms with Crippen molar-refractivity contribution < 1.29 is 14.1 Å². The second-order valence-electron chi connectivity index (χ2n) is 10.9. The number of carbonyl (C=O) groups is 2. The number of carbonyl (C=O) groups excluding carboxylic acids is 2. The molecule has 5 rings (SSSR count). The van der Waals surface area contributed by atoms with Crippen molar-refractivity contribution in [2.45, 2.75) is 46.1 Å². The number of amides is 3. The minimum atomic E-state index is -0.404. The molecule has 170 valence electrons. The molecule has 3 atom stereocenters. The van der Waals surface area contributed by atoms with Crippen LogP contribution in [0, 0.1) is 17.3 Å². The molecule has 32 heavy (non-hydrogen) atoms. The summed E-state index contributed by atoms with van der Waals surface area (Å²) in [6.45, 7) is 10.7. The predicted octanol–water partition coefficient (Wildman–Crippen LogP) is 3.55. The number of urea groups is 1. The van der Waals surface area contributed by atoms with Crippen molar-refractivity contribution in [3.05, 3.63) is 41.4 Å². The van der Waals surface area contributed by atoms with Crippen molar-refractivity contribution in [3.8, 4) is 0 Å². The number of hydrogen-bond acceptors (Lipinski definition) is 5. The third-order valence-corrected chi connectivity index (χ3v) is 7.13. The molecular formula is C24H31N5O3. The highest BCUT2D eigenvalue weighted by Gasteiger charge is 2.52. The maximum Gasteiger partial charge on any atom is 0.326 e. The van der Waals surface area contributed by atoms with Gasteiger partial charge in [-0.2, -0.15) is 0 Å². The molecule has 3 unspecified atom stereocenters. The van der Waals surface area contributed by atoms with Crippen LogP contribution in [0.1, 0.15) is 51.0 Å². The van der Waals surface area contributed by atoms with Crippen molar-refractivity contribution in [1.29, 1.82) is 0 Å². The molecule has 8 nitrogen and oxygen atoms in total. The second kappa shape index (κ2) is 7.05. The van der Waals surface area contributed by atoms with Crippen LogP contribution in [0.3, 0.4) is 0 Å². The SMILES string of the molecule is CN1C(=O)N(CC(C)(C)C)C2(C)CC=C(C3=CC4CN(C(=O)c5ccon5)CC4C3)N=C12. The van der Waals surface area contributed by atoms with Crippen molar-refractivity contribution in [2.75, 3.05) is 26.7 Å². The second-order valence-corrected chi connectivity index (χ2v) is 10.9. The lowest BCUT2D eigenvalue weighted by Crippen LogP contribution is -2.50. The molecule has 2 fully saturated rings. The minimum absolute atomic E-state index is 0.0136. The fraction of sp³-hybridized carbons (Fsp3) is 0.583. The van der Waals surface area contributed by atoms with E-state index in [1.165, 1.54) is 11.8 Å². The van der Waals surface area contributed by atoms with Gasteiger partial charge in [0.15, 0.2) is 5.69 Å². The van der Waals surface area contributed by atoms with Gasteiger partial charge in [0.1, 0.15) is 17.6 Å². The van der Waals surface area contributed by atoms with E-state index in [2.05, 4.69) is 45.0 Å². The number of likely N-dealkylation sites (N-methyl/N-ethyl adjacent to an activating group) is 1. The van der Waals surface area contributed by atoms with Crippen molar-refractivity contribution >= 4 is 17.8 Å². The van der Waals surface area contributed by atoms with Gasteiger partial charge >= 0.3 is 6.03 Å². The van der Waals surface area contributed by atoms with Crippen LogP contribution in [0.25, 0.3) is 0 Å². The molecule has 1 aromatic heterocycles. The summed E-state index contributed by atoms with van der Waals surface area (Å²) in [6.07, 6.45) is 7.56. The zero-order valence-electron chi connectivity index (χ0n) is 19.5. The van der Waals surface area contributed by atoms with E-state index in [0.29, 0.717) is 30.6 Å². The molecule has 0 saturated carbocycles. The number of rotatable bonds is 3. The first-order chi connectivity index (χ1) is 15.1. The average Bonchev–Trinajstić information content (AvgIpc) is 3.48. The number of amidine groups is 1. The number of likely N-dealkylation sites (tertiary alicyclic amines) is 1. The van der Waals surface area contributed by atoms with Gasteiger partial charge in [-0.15, -0.1) is 0 Å². The first-order valence-electron chi connectivity index (χ1n) is 11.3. The largest absolute Gasteiger partial charge is 0.364 e. The minimum Gasteiger partial charge on any atom is -0.364 e. The summed E-state index contributed by atoms with van der Waals surface area (Å²) in [5, 5.41) is 3.78. The van der Waals surface area contributed by atoms with Gasteiger partial charge in [0.2, 0.25) is 0 Å². The number of allylic oxidation sites excluding steroid dienone is 1. The fourth-order valence-electron chi connectivity index (χ4n) is 5.49. The molecule has 0 bridgehead atoms. The van der Waals surface area contributed by atoms with Crippen LogP contribution < -0.4 is 0 Å². The zero-order chi connectivity index (χ0) is 22.8. The first kappa shape index (κ1) is 21.0. The van der Waals surface area contributed by atoms with E-state index in [1.54, 1.807) is 11.0 Å². The van der Waals surface area contributed by atoms with Crippen molar-refractivity contribution in [1.82, 2.24) is 19.9 Å². The van der Waals surface area contributed by atoms with E-state index in [9.17, 15) is 9.59 Å². The number of fused-ring (bicyclic) bond motifs is 2. The third kappa shape index (κ3) is 3.27. The monoisotopic (exact) mass is 437 g/mol. The first-order valence-corrected chi connectivity index (χ1v) is 11.3. The smallest absolute Gasteiger partial charge is 0.326 e. The lowest BCUT2D eigenvalue weighted by Gasteiger charge is -2.38. The van der Waals surface area contributed by atoms with E-state index in [-0.39, 0.29) is 17.4 Å². The van der Waals surface area contributed by atoms with Crippen LogP contribution in [-0.4, -0.2) is 69.9 Å². The van der Waals surface area contributed by atoms with E-state index in [4.69, 9.17) is 9.52 Å². The van der Waals surface area contributed by atoms with Gasteiger partial charge in [0.25, 0.3) is 5.91 Å². The summed E-state index contributed by atoms with van der Waals surface area (Å²) in [5.74, 6) is 1.50. The Kier molecular flexibility index (Phi) is 4.62. The summed E-state index contributed by atoms with van der Waals surface area (Å²) in [5.41, 5.74) is 2.19. The molecule has 2 saturated heterocycles. The molecule has 8 heteroatoms. The Labute approximate surface area is 188 Å². The molecule has 1 aliphatic carbocycles. The topological polar surface area (TPSA) is 82.3 Å². The molecule has 1 aromatic rings. The van der Waals surface area contributed by atoms with E-state index in [1.807, 2.05) is 16.8 Å². The molecule has 0 N–H and O–H groups in total. The number of aliphatic imine (C=N–C) groups is 1. The van der Waals surface area contributed by atoms with Crippen LogP contribution in [0.5, 0.6) is 0 Å². The summed E-state index contributed by atoms with van der Waals surface area (Å²) in [4.78, 5) is 36.2. The summed E-state index contributed by atoms with van der Waals surface area (Å²) in [7, 11) is 1.83. The highest BCUT2D eigenvalue weighted by atomic mass is 16.5. The maximum atomic E-state index is 13.0.